The Morgan fingerprint density at radius 2 is 1.84 bits per heavy atom. The molecule has 0 aromatic heterocycles. The highest BCUT2D eigenvalue weighted by atomic mass is 32.2. The minimum Gasteiger partial charge on any atom is -0.508 e. The molecule has 3 rings (SSSR count). The summed E-state index contributed by atoms with van der Waals surface area (Å²) < 4.78 is 0. The number of phenols is 2. The van der Waals surface area contributed by atoms with Crippen molar-refractivity contribution in [2.24, 2.45) is 0 Å². The zero-order valence-corrected chi connectivity index (χ0v) is 11.8. The van der Waals surface area contributed by atoms with Gasteiger partial charge in [0, 0.05) is 21.1 Å². The number of fused-ring (bicyclic) bond motifs is 1. The van der Waals surface area contributed by atoms with Gasteiger partial charge in [0.05, 0.1) is 0 Å². The quantitative estimate of drug-likeness (QED) is 0.841. The number of hydrogen-bond acceptors (Lipinski definition) is 3. The van der Waals surface area contributed by atoms with Crippen LogP contribution in [-0.4, -0.2) is 15.5 Å². The maximum atomic E-state index is 10.0. The van der Waals surface area contributed by atoms with Crippen molar-refractivity contribution in [1.29, 1.82) is 0 Å². The summed E-state index contributed by atoms with van der Waals surface area (Å²) in [6, 6.07) is 7.83. The molecule has 0 aliphatic heterocycles. The van der Waals surface area contributed by atoms with Crippen LogP contribution in [0.2, 0.25) is 0 Å². The highest BCUT2D eigenvalue weighted by Crippen LogP contribution is 2.39. The molecule has 2 N–H and O–H groups in total. The molecule has 1 saturated carbocycles. The van der Waals surface area contributed by atoms with Crippen molar-refractivity contribution in [1.82, 2.24) is 0 Å². The Kier molecular flexibility index (Phi) is 3.31. The summed E-state index contributed by atoms with van der Waals surface area (Å²) in [7, 11) is 0. The molecule has 1 aliphatic rings. The summed E-state index contributed by atoms with van der Waals surface area (Å²) in [4.78, 5) is 1.22. The predicted octanol–water partition coefficient (Wildman–Crippen LogP) is 4.59. The van der Waals surface area contributed by atoms with Gasteiger partial charge < -0.3 is 10.2 Å². The van der Waals surface area contributed by atoms with Gasteiger partial charge in [0.15, 0.2) is 0 Å². The molecule has 0 saturated heterocycles. The average Bonchev–Trinajstić information content (AvgIpc) is 2.89. The highest BCUT2D eigenvalue weighted by Gasteiger charge is 2.16. The fraction of sp³-hybridized carbons (Fsp3) is 0.375. The lowest BCUT2D eigenvalue weighted by atomic mass is 10.1. The van der Waals surface area contributed by atoms with Crippen LogP contribution in [0.5, 0.6) is 11.5 Å². The molecule has 1 aliphatic carbocycles. The van der Waals surface area contributed by atoms with Crippen LogP contribution in [0.3, 0.4) is 0 Å². The number of rotatable bonds is 2. The lowest BCUT2D eigenvalue weighted by molar-refractivity contribution is 0.448. The van der Waals surface area contributed by atoms with E-state index in [0.717, 1.165) is 16.0 Å². The van der Waals surface area contributed by atoms with Gasteiger partial charge in [-0.15, -0.1) is 11.8 Å². The largest absolute Gasteiger partial charge is 0.508 e. The maximum Gasteiger partial charge on any atom is 0.129 e. The molecule has 0 heterocycles. The molecular weight excluding hydrogens is 256 g/mol. The Morgan fingerprint density at radius 3 is 2.58 bits per heavy atom. The van der Waals surface area contributed by atoms with Gasteiger partial charge in [0.1, 0.15) is 11.5 Å². The van der Waals surface area contributed by atoms with E-state index in [0.29, 0.717) is 5.56 Å². The number of phenolic OH excluding ortho intramolecular Hbond substituents is 2. The van der Waals surface area contributed by atoms with Crippen LogP contribution in [0.15, 0.2) is 29.2 Å². The normalized spacial score (nSPS) is 16.3. The average molecular weight is 274 g/mol. The van der Waals surface area contributed by atoms with Crippen LogP contribution in [0, 0.1) is 6.92 Å². The first kappa shape index (κ1) is 12.7. The van der Waals surface area contributed by atoms with E-state index in [4.69, 9.17) is 0 Å². The molecule has 0 spiro atoms. The number of aromatic hydroxyl groups is 2. The maximum absolute atomic E-state index is 10.0. The second-order valence-corrected chi connectivity index (χ2v) is 6.65. The fourth-order valence-electron chi connectivity index (χ4n) is 2.73. The topological polar surface area (TPSA) is 40.5 Å². The summed E-state index contributed by atoms with van der Waals surface area (Å²) in [5, 5.41) is 22.3. The molecule has 3 heteroatoms. The van der Waals surface area contributed by atoms with Gasteiger partial charge in [-0.1, -0.05) is 12.8 Å². The number of thioether (sulfide) groups is 1. The Balaban J connectivity index is 1.98. The van der Waals surface area contributed by atoms with Gasteiger partial charge in [-0.25, -0.2) is 0 Å². The third kappa shape index (κ3) is 2.39. The summed E-state index contributed by atoms with van der Waals surface area (Å²) in [6.45, 7) is 1.73. The molecule has 0 amide bonds. The van der Waals surface area contributed by atoms with Gasteiger partial charge in [-0.3, -0.25) is 0 Å². The van der Waals surface area contributed by atoms with Crippen LogP contribution in [0.1, 0.15) is 31.2 Å². The minimum absolute atomic E-state index is 0.160. The van der Waals surface area contributed by atoms with Gasteiger partial charge in [-0.05, 0) is 49.4 Å². The van der Waals surface area contributed by atoms with Crippen molar-refractivity contribution in [2.75, 3.05) is 0 Å². The number of benzene rings is 2. The van der Waals surface area contributed by atoms with Crippen LogP contribution in [0.25, 0.3) is 10.8 Å². The minimum atomic E-state index is 0.160. The third-order valence-corrected chi connectivity index (χ3v) is 5.25. The fourth-order valence-corrected chi connectivity index (χ4v) is 4.02. The van der Waals surface area contributed by atoms with Crippen molar-refractivity contribution in [3.63, 3.8) is 0 Å². The van der Waals surface area contributed by atoms with Crippen molar-refractivity contribution < 1.29 is 10.2 Å². The van der Waals surface area contributed by atoms with E-state index < -0.39 is 0 Å². The van der Waals surface area contributed by atoms with Gasteiger partial charge >= 0.3 is 0 Å². The van der Waals surface area contributed by atoms with E-state index in [1.165, 1.54) is 30.6 Å². The van der Waals surface area contributed by atoms with E-state index in [1.54, 1.807) is 13.0 Å². The Morgan fingerprint density at radius 1 is 1.11 bits per heavy atom. The first-order valence-electron chi connectivity index (χ1n) is 6.77. The monoisotopic (exact) mass is 274 g/mol. The van der Waals surface area contributed by atoms with Crippen molar-refractivity contribution in [2.45, 2.75) is 42.8 Å². The van der Waals surface area contributed by atoms with Crippen LogP contribution in [0.4, 0.5) is 0 Å². The molecule has 0 atom stereocenters. The Bertz CT molecular complexity index is 616. The number of hydrogen-bond donors (Lipinski definition) is 2. The van der Waals surface area contributed by atoms with E-state index in [-0.39, 0.29) is 11.5 Å². The lowest BCUT2D eigenvalue weighted by Crippen LogP contribution is -1.93. The SMILES string of the molecule is Cc1c(O)cc2cc(SC3CCCC3)ccc2c1O. The standard InChI is InChI=1S/C16H18O2S/c1-10-15(17)9-11-8-13(6-7-14(11)16(10)18)19-12-4-2-3-5-12/h6-9,12,17-18H,2-5H2,1H3. The molecule has 0 unspecified atom stereocenters. The molecule has 1 fully saturated rings. The van der Waals surface area contributed by atoms with Gasteiger partial charge in [0.2, 0.25) is 0 Å². The second-order valence-electron chi connectivity index (χ2n) is 5.28. The third-order valence-electron chi connectivity index (χ3n) is 3.91. The van der Waals surface area contributed by atoms with Crippen LogP contribution >= 0.6 is 11.8 Å². The molecule has 2 aromatic rings. The molecular formula is C16H18O2S. The molecule has 2 nitrogen and oxygen atoms in total. The Hall–Kier alpha value is -1.35. The molecule has 19 heavy (non-hydrogen) atoms. The van der Waals surface area contributed by atoms with E-state index in [9.17, 15) is 10.2 Å². The molecule has 0 bridgehead atoms. The smallest absolute Gasteiger partial charge is 0.129 e. The van der Waals surface area contributed by atoms with Crippen molar-refractivity contribution >= 4 is 22.5 Å². The van der Waals surface area contributed by atoms with E-state index >= 15 is 0 Å². The molecule has 100 valence electrons. The second kappa shape index (κ2) is 4.97. The van der Waals surface area contributed by atoms with E-state index in [2.05, 4.69) is 12.1 Å². The zero-order valence-electron chi connectivity index (χ0n) is 11.0. The van der Waals surface area contributed by atoms with Crippen LogP contribution < -0.4 is 0 Å². The molecule has 2 aromatic carbocycles. The van der Waals surface area contributed by atoms with Gasteiger partial charge in [-0.2, -0.15) is 0 Å². The summed E-state index contributed by atoms with van der Waals surface area (Å²) >= 11 is 1.92. The first-order valence-corrected chi connectivity index (χ1v) is 7.65. The summed E-state index contributed by atoms with van der Waals surface area (Å²) in [5.74, 6) is 0.348. The first-order chi connectivity index (χ1) is 9.15. The lowest BCUT2D eigenvalue weighted by Gasteiger charge is -2.11. The molecule has 0 radical (unpaired) electrons. The predicted molar refractivity (Wildman–Crippen MR) is 80.1 cm³/mol. The summed E-state index contributed by atoms with van der Waals surface area (Å²) in [5.41, 5.74) is 0.545. The Labute approximate surface area is 117 Å². The summed E-state index contributed by atoms with van der Waals surface area (Å²) in [6.07, 6.45) is 5.28. The van der Waals surface area contributed by atoms with Gasteiger partial charge in [0.25, 0.3) is 0 Å². The van der Waals surface area contributed by atoms with Crippen LogP contribution in [-0.2, 0) is 0 Å². The van der Waals surface area contributed by atoms with E-state index in [1.807, 2.05) is 17.8 Å². The van der Waals surface area contributed by atoms with Crippen molar-refractivity contribution in [3.05, 3.63) is 29.8 Å². The highest BCUT2D eigenvalue weighted by molar-refractivity contribution is 8.00. The van der Waals surface area contributed by atoms with Crippen molar-refractivity contribution in [3.8, 4) is 11.5 Å². The zero-order chi connectivity index (χ0) is 13.4.